The molecule has 0 spiro atoms. The van der Waals surface area contributed by atoms with Gasteiger partial charge in [-0.1, -0.05) is 6.92 Å². The zero-order chi connectivity index (χ0) is 12.1. The lowest BCUT2D eigenvalue weighted by molar-refractivity contribution is -0.237. The first kappa shape index (κ1) is 13.4. The van der Waals surface area contributed by atoms with Crippen LogP contribution in [0.3, 0.4) is 0 Å². The molecular formula is C9H14O6. The number of carbonyl (C=O) groups excluding carboxylic acids is 3. The van der Waals surface area contributed by atoms with Gasteiger partial charge < -0.3 is 14.2 Å². The Bertz CT molecular complexity index is 254. The molecule has 0 saturated carbocycles. The lowest BCUT2D eigenvalue weighted by Gasteiger charge is -2.27. The Morgan fingerprint density at radius 2 is 1.47 bits per heavy atom. The van der Waals surface area contributed by atoms with Crippen LogP contribution in [0, 0.1) is 0 Å². The van der Waals surface area contributed by atoms with Crippen molar-refractivity contribution < 1.29 is 28.6 Å². The first-order valence-corrected chi connectivity index (χ1v) is 4.35. The molecule has 6 nitrogen and oxygen atoms in total. The summed E-state index contributed by atoms with van der Waals surface area (Å²) in [5.74, 6) is -4.35. The number of methoxy groups -OCH3 is 1. The van der Waals surface area contributed by atoms with Crippen molar-refractivity contribution in [2.45, 2.75) is 33.0 Å². The first-order chi connectivity index (χ1) is 6.88. The highest BCUT2D eigenvalue weighted by atomic mass is 16.8. The first-order valence-electron chi connectivity index (χ1n) is 4.35. The third kappa shape index (κ3) is 3.57. The molecule has 0 aliphatic rings. The summed E-state index contributed by atoms with van der Waals surface area (Å²) in [6, 6.07) is 0. The minimum absolute atomic E-state index is 0.0150. The maximum atomic E-state index is 11.4. The van der Waals surface area contributed by atoms with Crippen LogP contribution in [0.5, 0.6) is 0 Å². The molecule has 6 heteroatoms. The zero-order valence-electron chi connectivity index (χ0n) is 9.16. The van der Waals surface area contributed by atoms with Gasteiger partial charge in [0.1, 0.15) is 0 Å². The molecule has 0 aromatic heterocycles. The molecule has 0 heterocycles. The number of ether oxygens (including phenoxy) is 3. The number of hydrogen-bond donors (Lipinski definition) is 0. The van der Waals surface area contributed by atoms with E-state index in [4.69, 9.17) is 9.47 Å². The summed E-state index contributed by atoms with van der Waals surface area (Å²) in [5.41, 5.74) is 0. The highest BCUT2D eigenvalue weighted by molar-refractivity contribution is 5.84. The van der Waals surface area contributed by atoms with E-state index in [-0.39, 0.29) is 6.42 Å². The maximum absolute atomic E-state index is 11.4. The Labute approximate surface area is 87.5 Å². The molecule has 0 amide bonds. The van der Waals surface area contributed by atoms with Gasteiger partial charge >= 0.3 is 23.7 Å². The van der Waals surface area contributed by atoms with Crippen molar-refractivity contribution >= 4 is 17.9 Å². The Balaban J connectivity index is 4.99. The summed E-state index contributed by atoms with van der Waals surface area (Å²) in [4.78, 5) is 33.0. The SMILES string of the molecule is CCC(OC(C)=O)(OC(C)=O)C(=O)OC. The normalized spacial score (nSPS) is 10.4. The third-order valence-electron chi connectivity index (χ3n) is 1.58. The van der Waals surface area contributed by atoms with Gasteiger partial charge in [0.05, 0.1) is 7.11 Å². The Morgan fingerprint density at radius 3 is 1.67 bits per heavy atom. The van der Waals surface area contributed by atoms with Gasteiger partial charge in [-0.3, -0.25) is 9.59 Å². The molecule has 0 unspecified atom stereocenters. The number of rotatable bonds is 4. The molecule has 86 valence electrons. The second kappa shape index (κ2) is 5.33. The molecule has 0 rings (SSSR count). The molecule has 0 aromatic carbocycles. The fourth-order valence-corrected chi connectivity index (χ4v) is 1.01. The molecule has 15 heavy (non-hydrogen) atoms. The van der Waals surface area contributed by atoms with Crippen LogP contribution >= 0.6 is 0 Å². The van der Waals surface area contributed by atoms with E-state index in [1.165, 1.54) is 6.92 Å². The molecule has 0 bridgehead atoms. The van der Waals surface area contributed by atoms with E-state index in [9.17, 15) is 14.4 Å². The standard InChI is InChI=1S/C9H14O6/c1-5-9(8(12)13-4,14-6(2)10)15-7(3)11/h5H2,1-4H3. The predicted octanol–water partition coefficient (Wildman–Crippen LogP) is 0.392. The molecule has 0 aliphatic heterocycles. The van der Waals surface area contributed by atoms with Gasteiger partial charge in [-0.2, -0.15) is 0 Å². The average Bonchev–Trinajstić information content (AvgIpc) is 2.13. The van der Waals surface area contributed by atoms with Crippen molar-refractivity contribution in [3.05, 3.63) is 0 Å². The molecular weight excluding hydrogens is 204 g/mol. The van der Waals surface area contributed by atoms with Crippen LogP contribution in [0.4, 0.5) is 0 Å². The van der Waals surface area contributed by atoms with Crippen molar-refractivity contribution in [2.75, 3.05) is 7.11 Å². The zero-order valence-corrected chi connectivity index (χ0v) is 9.16. The van der Waals surface area contributed by atoms with E-state index in [1.54, 1.807) is 0 Å². The van der Waals surface area contributed by atoms with E-state index < -0.39 is 23.7 Å². The van der Waals surface area contributed by atoms with E-state index >= 15 is 0 Å². The maximum Gasteiger partial charge on any atom is 0.392 e. The molecule has 0 fully saturated rings. The topological polar surface area (TPSA) is 78.9 Å². The monoisotopic (exact) mass is 218 g/mol. The van der Waals surface area contributed by atoms with E-state index in [1.807, 2.05) is 0 Å². The van der Waals surface area contributed by atoms with Crippen molar-refractivity contribution in [3.63, 3.8) is 0 Å². The van der Waals surface area contributed by atoms with Gasteiger partial charge in [0, 0.05) is 20.3 Å². The Hall–Kier alpha value is -1.59. The van der Waals surface area contributed by atoms with Crippen LogP contribution in [-0.2, 0) is 28.6 Å². The highest BCUT2D eigenvalue weighted by Gasteiger charge is 2.45. The Morgan fingerprint density at radius 1 is 1.07 bits per heavy atom. The van der Waals surface area contributed by atoms with Gasteiger partial charge in [-0.25, -0.2) is 4.79 Å². The van der Waals surface area contributed by atoms with E-state index in [0.29, 0.717) is 0 Å². The number of carbonyl (C=O) groups is 3. The minimum atomic E-state index is -1.97. The molecule has 0 aromatic rings. The van der Waals surface area contributed by atoms with E-state index in [0.717, 1.165) is 21.0 Å². The van der Waals surface area contributed by atoms with Gasteiger partial charge in [0.2, 0.25) is 0 Å². The minimum Gasteiger partial charge on any atom is -0.463 e. The quantitative estimate of drug-likeness (QED) is 0.501. The van der Waals surface area contributed by atoms with Gasteiger partial charge in [0.25, 0.3) is 0 Å². The van der Waals surface area contributed by atoms with Crippen LogP contribution in [0.25, 0.3) is 0 Å². The summed E-state index contributed by atoms with van der Waals surface area (Å²) in [6.45, 7) is 3.75. The van der Waals surface area contributed by atoms with Crippen LogP contribution in [-0.4, -0.2) is 30.8 Å². The average molecular weight is 218 g/mol. The number of esters is 3. The smallest absolute Gasteiger partial charge is 0.392 e. The van der Waals surface area contributed by atoms with Crippen molar-refractivity contribution in [3.8, 4) is 0 Å². The molecule has 0 N–H and O–H groups in total. The van der Waals surface area contributed by atoms with Crippen LogP contribution in [0.15, 0.2) is 0 Å². The highest BCUT2D eigenvalue weighted by Crippen LogP contribution is 2.20. The van der Waals surface area contributed by atoms with Gasteiger partial charge in [-0.05, 0) is 0 Å². The lowest BCUT2D eigenvalue weighted by Crippen LogP contribution is -2.47. The predicted molar refractivity (Wildman–Crippen MR) is 48.6 cm³/mol. The van der Waals surface area contributed by atoms with Crippen molar-refractivity contribution in [2.24, 2.45) is 0 Å². The van der Waals surface area contributed by atoms with Crippen LogP contribution in [0.1, 0.15) is 27.2 Å². The molecule has 0 radical (unpaired) electrons. The van der Waals surface area contributed by atoms with Gasteiger partial charge in [-0.15, -0.1) is 0 Å². The molecule has 0 atom stereocenters. The lowest BCUT2D eigenvalue weighted by atomic mass is 10.2. The largest absolute Gasteiger partial charge is 0.463 e. The summed E-state index contributed by atoms with van der Waals surface area (Å²) in [7, 11) is 1.11. The Kier molecular flexibility index (Phi) is 4.77. The van der Waals surface area contributed by atoms with Crippen LogP contribution in [0.2, 0.25) is 0 Å². The third-order valence-corrected chi connectivity index (χ3v) is 1.58. The molecule has 0 aliphatic carbocycles. The van der Waals surface area contributed by atoms with Gasteiger partial charge in [0.15, 0.2) is 0 Å². The second-order valence-electron chi connectivity index (χ2n) is 2.79. The van der Waals surface area contributed by atoms with Crippen molar-refractivity contribution in [1.82, 2.24) is 0 Å². The number of hydrogen-bond acceptors (Lipinski definition) is 6. The molecule has 0 saturated heterocycles. The fraction of sp³-hybridized carbons (Fsp3) is 0.667. The summed E-state index contributed by atoms with van der Waals surface area (Å²) in [6.07, 6.45) is -0.0150. The van der Waals surface area contributed by atoms with E-state index in [2.05, 4.69) is 4.74 Å². The summed E-state index contributed by atoms with van der Waals surface area (Å²) >= 11 is 0. The van der Waals surface area contributed by atoms with Crippen molar-refractivity contribution in [1.29, 1.82) is 0 Å². The second-order valence-corrected chi connectivity index (χ2v) is 2.79. The summed E-state index contributed by atoms with van der Waals surface area (Å²) in [5, 5.41) is 0. The fourth-order valence-electron chi connectivity index (χ4n) is 1.01. The van der Waals surface area contributed by atoms with Crippen LogP contribution < -0.4 is 0 Å². The summed E-state index contributed by atoms with van der Waals surface area (Å²) < 4.78 is 13.8.